The van der Waals surface area contributed by atoms with E-state index in [2.05, 4.69) is 152 Å². The van der Waals surface area contributed by atoms with Gasteiger partial charge in [0.15, 0.2) is 23.3 Å². The molecule has 0 spiro atoms. The van der Waals surface area contributed by atoms with Gasteiger partial charge in [-0.3, -0.25) is 0 Å². The highest BCUT2D eigenvalue weighted by Gasteiger charge is 2.21. The van der Waals surface area contributed by atoms with Crippen molar-refractivity contribution in [2.24, 2.45) is 0 Å². The Kier molecular flexibility index (Phi) is 11.4. The molecule has 0 aliphatic carbocycles. The molecule has 80 heavy (non-hydrogen) atoms. The van der Waals surface area contributed by atoms with Crippen LogP contribution in [0.15, 0.2) is 282 Å². The van der Waals surface area contributed by atoms with E-state index in [-0.39, 0.29) is 0 Å². The van der Waals surface area contributed by atoms with E-state index in [0.29, 0.717) is 23.3 Å². The Balaban J connectivity index is 0.708. The van der Waals surface area contributed by atoms with Gasteiger partial charge >= 0.3 is 0 Å². The summed E-state index contributed by atoms with van der Waals surface area (Å²) >= 11 is 0. The molecule has 0 aliphatic heterocycles. The lowest BCUT2D eigenvalue weighted by Crippen LogP contribution is -2.00. The fourth-order valence-corrected chi connectivity index (χ4v) is 11.0. The SMILES string of the molecule is c1ccc(-c2cc(-c3cccc4oc5c(-c6cccc(-c7ccc(-c8ccc(-c9ccc%10c(c9)oc9cccc(-c%11nc(-c%12ccccc%12)nc(-c%12ccccc%12)n%11)c9%10)cc8)cc7)c6)cccc5c34)nc(-c3ccccc3)n2)cc1. The minimum Gasteiger partial charge on any atom is -0.456 e. The zero-order valence-electron chi connectivity index (χ0n) is 43.0. The van der Waals surface area contributed by atoms with Crippen LogP contribution in [0.5, 0.6) is 0 Å². The fraction of sp³-hybridized carbons (Fsp3) is 0. The average molecular weight is 1020 g/mol. The third kappa shape index (κ3) is 8.47. The second kappa shape index (κ2) is 19.6. The molecule has 0 aliphatic rings. The molecule has 7 heteroatoms. The lowest BCUT2D eigenvalue weighted by Gasteiger charge is -2.10. The molecule has 4 aromatic heterocycles. The summed E-state index contributed by atoms with van der Waals surface area (Å²) in [6.45, 7) is 0. The summed E-state index contributed by atoms with van der Waals surface area (Å²) in [6, 6.07) is 94.1. The maximum Gasteiger partial charge on any atom is 0.164 e. The largest absolute Gasteiger partial charge is 0.456 e. The summed E-state index contributed by atoms with van der Waals surface area (Å²) in [5.41, 5.74) is 19.4. The van der Waals surface area contributed by atoms with Gasteiger partial charge in [-0.05, 0) is 75.3 Å². The molecular formula is C73H45N5O2. The molecule has 11 aromatic carbocycles. The summed E-state index contributed by atoms with van der Waals surface area (Å²) in [4.78, 5) is 25.2. The van der Waals surface area contributed by atoms with Crippen LogP contribution in [-0.4, -0.2) is 24.9 Å². The monoisotopic (exact) mass is 1020 g/mol. The number of furan rings is 2. The van der Waals surface area contributed by atoms with E-state index < -0.39 is 0 Å². The molecule has 15 aromatic rings. The molecule has 0 saturated heterocycles. The molecule has 0 bridgehead atoms. The van der Waals surface area contributed by atoms with Gasteiger partial charge in [0.05, 0.1) is 11.4 Å². The molecule has 0 saturated carbocycles. The third-order valence-electron chi connectivity index (χ3n) is 15.0. The first-order valence-corrected chi connectivity index (χ1v) is 26.7. The van der Waals surface area contributed by atoms with Crippen molar-refractivity contribution in [3.63, 3.8) is 0 Å². The lowest BCUT2D eigenvalue weighted by molar-refractivity contribution is 0.669. The van der Waals surface area contributed by atoms with E-state index >= 15 is 0 Å². The zero-order chi connectivity index (χ0) is 52.9. The quantitative estimate of drug-likeness (QED) is 0.135. The Morgan fingerprint density at radius 2 is 0.637 bits per heavy atom. The predicted octanol–water partition coefficient (Wildman–Crippen LogP) is 19.1. The van der Waals surface area contributed by atoms with E-state index in [1.54, 1.807) is 0 Å². The summed E-state index contributed by atoms with van der Waals surface area (Å²) in [6.07, 6.45) is 0. The number of nitrogens with zero attached hydrogens (tertiary/aromatic N) is 5. The van der Waals surface area contributed by atoms with E-state index in [4.69, 9.17) is 33.8 Å². The molecular weight excluding hydrogens is 979 g/mol. The number of rotatable bonds is 10. The van der Waals surface area contributed by atoms with Gasteiger partial charge in [-0.2, -0.15) is 0 Å². The second-order valence-corrected chi connectivity index (χ2v) is 19.9. The van der Waals surface area contributed by atoms with Crippen LogP contribution in [0.25, 0.3) is 156 Å². The summed E-state index contributed by atoms with van der Waals surface area (Å²) in [5.74, 6) is 2.51. The maximum absolute atomic E-state index is 6.80. The molecule has 0 radical (unpaired) electrons. The Morgan fingerprint density at radius 1 is 0.212 bits per heavy atom. The average Bonchev–Trinajstić information content (AvgIpc) is 4.17. The highest BCUT2D eigenvalue weighted by molar-refractivity contribution is 6.16. The van der Waals surface area contributed by atoms with Gasteiger partial charge in [-0.25, -0.2) is 24.9 Å². The van der Waals surface area contributed by atoms with Crippen LogP contribution < -0.4 is 0 Å². The van der Waals surface area contributed by atoms with Crippen LogP contribution in [-0.2, 0) is 0 Å². The first-order valence-electron chi connectivity index (χ1n) is 26.7. The maximum atomic E-state index is 6.80. The van der Waals surface area contributed by atoms with Gasteiger partial charge in [0.1, 0.15) is 22.3 Å². The molecule has 0 fully saturated rings. The molecule has 0 amide bonds. The highest BCUT2D eigenvalue weighted by atomic mass is 16.3. The molecule has 0 unspecified atom stereocenters. The van der Waals surface area contributed by atoms with Gasteiger partial charge in [-0.15, -0.1) is 0 Å². The fourth-order valence-electron chi connectivity index (χ4n) is 11.0. The summed E-state index contributed by atoms with van der Waals surface area (Å²) in [7, 11) is 0. The van der Waals surface area contributed by atoms with Crippen LogP contribution in [0.4, 0.5) is 0 Å². The summed E-state index contributed by atoms with van der Waals surface area (Å²) < 4.78 is 13.4. The van der Waals surface area contributed by atoms with Gasteiger partial charge in [0.25, 0.3) is 0 Å². The second-order valence-electron chi connectivity index (χ2n) is 19.9. The standard InChI is InChI=1S/C73H45N5O2/c1-5-17-50(18-6-1)62-45-63(75-70(74-62)51-19-7-2-8-20-51)58-28-15-32-65-67(58)60-29-14-27-57(69(60)80-65)56-26-13-25-54(43-56)48-37-33-46(34-38-48)47-35-39-49(40-36-47)55-41-42-59-66(44-55)79-64-31-16-30-61(68(59)64)73-77-71(52-21-9-3-10-22-52)76-72(78-73)53-23-11-4-12-24-53/h1-45H. The highest BCUT2D eigenvalue weighted by Crippen LogP contribution is 2.43. The van der Waals surface area contributed by atoms with Gasteiger partial charge < -0.3 is 8.83 Å². The molecule has 4 heterocycles. The number of aromatic nitrogens is 5. The van der Waals surface area contributed by atoms with Crippen molar-refractivity contribution in [3.05, 3.63) is 273 Å². The van der Waals surface area contributed by atoms with Crippen molar-refractivity contribution >= 4 is 43.9 Å². The Morgan fingerprint density at radius 3 is 1.25 bits per heavy atom. The predicted molar refractivity (Wildman–Crippen MR) is 324 cm³/mol. The van der Waals surface area contributed by atoms with Crippen LogP contribution in [0.3, 0.4) is 0 Å². The van der Waals surface area contributed by atoms with Gasteiger partial charge in [-0.1, -0.05) is 237 Å². The van der Waals surface area contributed by atoms with Crippen molar-refractivity contribution < 1.29 is 8.83 Å². The van der Waals surface area contributed by atoms with Crippen molar-refractivity contribution in [2.75, 3.05) is 0 Å². The van der Waals surface area contributed by atoms with Crippen LogP contribution in [0, 0.1) is 0 Å². The Labute approximate surface area is 460 Å². The van der Waals surface area contributed by atoms with Crippen LogP contribution in [0.2, 0.25) is 0 Å². The summed E-state index contributed by atoms with van der Waals surface area (Å²) in [5, 5.41) is 4.03. The molecule has 7 nitrogen and oxygen atoms in total. The molecule has 0 N–H and O–H groups in total. The number of benzene rings is 11. The third-order valence-corrected chi connectivity index (χ3v) is 15.0. The van der Waals surface area contributed by atoms with E-state index in [1.807, 2.05) is 121 Å². The van der Waals surface area contributed by atoms with Crippen molar-refractivity contribution in [1.82, 2.24) is 24.9 Å². The number of para-hydroxylation sites is 1. The lowest BCUT2D eigenvalue weighted by atomic mass is 9.95. The molecule has 374 valence electrons. The number of fused-ring (bicyclic) bond motifs is 6. The smallest absolute Gasteiger partial charge is 0.164 e. The molecule has 15 rings (SSSR count). The molecule has 0 atom stereocenters. The van der Waals surface area contributed by atoms with E-state index in [0.717, 1.165) is 133 Å². The minimum atomic E-state index is 0.593. The van der Waals surface area contributed by atoms with Crippen LogP contribution >= 0.6 is 0 Å². The Hall–Kier alpha value is -10.9. The van der Waals surface area contributed by atoms with E-state index in [9.17, 15) is 0 Å². The zero-order valence-corrected chi connectivity index (χ0v) is 43.0. The van der Waals surface area contributed by atoms with Crippen molar-refractivity contribution in [1.29, 1.82) is 0 Å². The Bertz CT molecular complexity index is 4670. The minimum absolute atomic E-state index is 0.593. The van der Waals surface area contributed by atoms with Crippen molar-refractivity contribution in [3.8, 4) is 113 Å². The normalized spacial score (nSPS) is 11.5. The first-order chi connectivity index (χ1) is 39.6. The van der Waals surface area contributed by atoms with Crippen LogP contribution in [0.1, 0.15) is 0 Å². The topological polar surface area (TPSA) is 90.7 Å². The van der Waals surface area contributed by atoms with E-state index in [1.165, 1.54) is 0 Å². The van der Waals surface area contributed by atoms with Crippen molar-refractivity contribution in [2.45, 2.75) is 0 Å². The van der Waals surface area contributed by atoms with Gasteiger partial charge in [0, 0.05) is 60.5 Å². The number of hydrogen-bond donors (Lipinski definition) is 0. The number of hydrogen-bond acceptors (Lipinski definition) is 7. The first kappa shape index (κ1) is 46.4. The van der Waals surface area contributed by atoms with Gasteiger partial charge in [0.2, 0.25) is 0 Å².